The molecule has 1 aliphatic heterocycles. The van der Waals surface area contributed by atoms with Gasteiger partial charge in [-0.3, -0.25) is 0 Å². The monoisotopic (exact) mass is 595 g/mol. The van der Waals surface area contributed by atoms with Crippen molar-refractivity contribution in [2.24, 2.45) is 0 Å². The van der Waals surface area contributed by atoms with Crippen LogP contribution in [-0.2, 0) is 18.0 Å². The Bertz CT molecular complexity index is 1330. The second-order valence-electron chi connectivity index (χ2n) is 10.3. The number of hydrogen-bond acceptors (Lipinski definition) is 3. The Morgan fingerprint density at radius 3 is 1.78 bits per heavy atom. The zero-order valence-corrected chi connectivity index (χ0v) is 24.0. The van der Waals surface area contributed by atoms with Gasteiger partial charge in [0, 0.05) is 0 Å². The summed E-state index contributed by atoms with van der Waals surface area (Å²) < 4.78 is 12.7. The quantitative estimate of drug-likeness (QED) is 0.203. The van der Waals surface area contributed by atoms with Gasteiger partial charge in [-0.05, 0) is 0 Å². The van der Waals surface area contributed by atoms with Crippen molar-refractivity contribution in [1.29, 1.82) is 0 Å². The van der Waals surface area contributed by atoms with Gasteiger partial charge in [0.2, 0.25) is 0 Å². The van der Waals surface area contributed by atoms with Gasteiger partial charge in [0.05, 0.1) is 0 Å². The predicted molar refractivity (Wildman–Crippen MR) is 152 cm³/mol. The van der Waals surface area contributed by atoms with Crippen molar-refractivity contribution >= 4 is 33.1 Å². The Balaban J connectivity index is 1.47. The molecular weight excluding hydrogens is 561 g/mol. The second kappa shape index (κ2) is 11.2. The van der Waals surface area contributed by atoms with Crippen LogP contribution in [0.15, 0.2) is 109 Å². The summed E-state index contributed by atoms with van der Waals surface area (Å²) in [6.07, 6.45) is 5.29. The van der Waals surface area contributed by atoms with Crippen LogP contribution >= 0.6 is 0 Å². The number of nitrogens with zero attached hydrogens (tertiary/aromatic N) is 3. The number of pyridine rings is 1. The minimum absolute atomic E-state index is 0.0186. The van der Waals surface area contributed by atoms with Crippen molar-refractivity contribution in [3.05, 3.63) is 126 Å². The number of ether oxygens (including phenoxy) is 1. The summed E-state index contributed by atoms with van der Waals surface area (Å²) in [4.78, 5) is 5.41. The average Bonchev–Trinajstić information content (AvgIpc) is 3.39. The van der Waals surface area contributed by atoms with E-state index in [1.54, 1.807) is 0 Å². The van der Waals surface area contributed by atoms with E-state index in [9.17, 15) is 0 Å². The number of rotatable bonds is 8. The fourth-order valence-electron chi connectivity index (χ4n) is 5.80. The van der Waals surface area contributed by atoms with Gasteiger partial charge in [-0.1, -0.05) is 0 Å². The second-order valence-corrected chi connectivity index (χ2v) is 22.1. The van der Waals surface area contributed by atoms with Gasteiger partial charge < -0.3 is 0 Å². The number of hydrogen-bond donors (Lipinski definition) is 0. The molecule has 1 aliphatic rings. The maximum absolute atomic E-state index is 6.05. The van der Waals surface area contributed by atoms with Crippen molar-refractivity contribution in [3.8, 4) is 0 Å². The number of fused-ring (bicyclic) bond motifs is 1. The third-order valence-electron chi connectivity index (χ3n) is 7.58. The standard InChI is InChI=1S/C11H12N3O.3C7H7.Sn/c1-2-7-15-11(5-1)14-10-4-3-6-12-9(10)8-13-14;3*1-7-5-3-2-4-6-7;/h3-4,8,11H,1-2,5,7H2;3*2-6H,1H2;. The first kappa shape index (κ1) is 24.4. The van der Waals surface area contributed by atoms with E-state index in [4.69, 9.17) is 14.8 Å². The molecule has 3 heterocycles. The average molecular weight is 594 g/mol. The molecular formula is C32H33N3OSn. The fraction of sp³-hybridized carbons (Fsp3) is 0.250. The van der Waals surface area contributed by atoms with Crippen molar-refractivity contribution in [1.82, 2.24) is 14.8 Å². The van der Waals surface area contributed by atoms with Crippen LogP contribution in [0.2, 0.25) is 0 Å². The summed E-state index contributed by atoms with van der Waals surface area (Å²) in [7, 11) is 0. The summed E-state index contributed by atoms with van der Waals surface area (Å²) >= 11 is -3.25. The fourth-order valence-corrected chi connectivity index (χ4v) is 19.4. The van der Waals surface area contributed by atoms with E-state index in [0.29, 0.717) is 0 Å². The van der Waals surface area contributed by atoms with Crippen LogP contribution in [0.25, 0.3) is 11.0 Å². The Morgan fingerprint density at radius 2 is 1.27 bits per heavy atom. The zero-order valence-electron chi connectivity index (χ0n) is 21.2. The predicted octanol–water partition coefficient (Wildman–Crippen LogP) is 6.13. The van der Waals surface area contributed by atoms with Crippen LogP contribution in [-0.4, -0.2) is 39.7 Å². The molecule has 1 atom stereocenters. The van der Waals surface area contributed by atoms with Crippen molar-refractivity contribution < 1.29 is 4.74 Å². The zero-order chi connectivity index (χ0) is 24.9. The van der Waals surface area contributed by atoms with Crippen molar-refractivity contribution in [2.75, 3.05) is 6.61 Å². The van der Waals surface area contributed by atoms with E-state index in [1.165, 1.54) is 26.8 Å². The Labute approximate surface area is 223 Å². The maximum atomic E-state index is 6.05. The van der Waals surface area contributed by atoms with Crippen LogP contribution in [0, 0.1) is 0 Å². The molecule has 5 heteroatoms. The molecule has 1 fully saturated rings. The molecule has 6 rings (SSSR count). The third kappa shape index (κ3) is 5.51. The van der Waals surface area contributed by atoms with Crippen LogP contribution in [0.3, 0.4) is 0 Å². The minimum atomic E-state index is -3.25. The molecule has 2 aromatic heterocycles. The van der Waals surface area contributed by atoms with Crippen molar-refractivity contribution in [2.45, 2.75) is 38.8 Å². The molecule has 1 unspecified atom stereocenters. The van der Waals surface area contributed by atoms with E-state index in [1.807, 2.05) is 10.9 Å². The molecule has 3 aromatic carbocycles. The van der Waals surface area contributed by atoms with Gasteiger partial charge in [0.25, 0.3) is 0 Å². The van der Waals surface area contributed by atoms with Gasteiger partial charge in [0.15, 0.2) is 0 Å². The Kier molecular flexibility index (Phi) is 7.38. The van der Waals surface area contributed by atoms with Crippen LogP contribution in [0.1, 0.15) is 42.2 Å². The van der Waals surface area contributed by atoms with E-state index in [-0.39, 0.29) is 6.23 Å². The molecule has 0 bridgehead atoms. The summed E-state index contributed by atoms with van der Waals surface area (Å²) in [5, 5.41) is 4.75. The van der Waals surface area contributed by atoms with Gasteiger partial charge in [0.1, 0.15) is 0 Å². The summed E-state index contributed by atoms with van der Waals surface area (Å²) in [5.41, 5.74) is 6.31. The van der Waals surface area contributed by atoms with Gasteiger partial charge in [-0.2, -0.15) is 0 Å². The van der Waals surface area contributed by atoms with E-state index >= 15 is 0 Å². The summed E-state index contributed by atoms with van der Waals surface area (Å²) in [6, 6.07) is 37.7. The van der Waals surface area contributed by atoms with Gasteiger partial charge >= 0.3 is 224 Å². The molecule has 0 N–H and O–H groups in total. The third-order valence-corrected chi connectivity index (χ3v) is 20.8. The first-order chi connectivity index (χ1) is 18.3. The number of aromatic nitrogens is 3. The molecule has 4 nitrogen and oxygen atoms in total. The Morgan fingerprint density at radius 1 is 0.703 bits per heavy atom. The topological polar surface area (TPSA) is 39.9 Å². The molecule has 5 aromatic rings. The first-order valence-electron chi connectivity index (χ1n) is 13.4. The van der Waals surface area contributed by atoms with Gasteiger partial charge in [-0.15, -0.1) is 0 Å². The van der Waals surface area contributed by atoms with E-state index in [0.717, 1.165) is 43.8 Å². The van der Waals surface area contributed by atoms with E-state index in [2.05, 4.69) is 103 Å². The first-order valence-corrected chi connectivity index (χ1v) is 20.9. The molecule has 186 valence electrons. The van der Waals surface area contributed by atoms with Gasteiger partial charge in [-0.25, -0.2) is 0 Å². The normalized spacial score (nSPS) is 16.2. The van der Waals surface area contributed by atoms with Crippen LogP contribution in [0.4, 0.5) is 0 Å². The molecule has 0 amide bonds. The van der Waals surface area contributed by atoms with Crippen molar-refractivity contribution in [3.63, 3.8) is 0 Å². The summed E-state index contributed by atoms with van der Waals surface area (Å²) in [5.74, 6) is 0. The van der Waals surface area contributed by atoms with Crippen LogP contribution in [0.5, 0.6) is 0 Å². The molecule has 0 saturated carbocycles. The molecule has 0 aliphatic carbocycles. The molecule has 1 saturated heterocycles. The molecule has 0 radical (unpaired) electrons. The van der Waals surface area contributed by atoms with E-state index < -0.39 is 18.4 Å². The molecule has 0 spiro atoms. The summed E-state index contributed by atoms with van der Waals surface area (Å²) in [6.45, 7) is 0.808. The number of benzene rings is 3. The molecule has 37 heavy (non-hydrogen) atoms. The Hall–Kier alpha value is -2.96. The SMILES string of the molecule is c1ccc([CH2][Sn]([CH2]c2ccccc2)([CH2]c2ccccc2)[c]2ccc3c(cnn3C3CCCCO3)n2)cc1. The van der Waals surface area contributed by atoms with Crippen LogP contribution < -0.4 is 3.71 Å².